The molecule has 1 nitrogen and oxygen atoms in total. The van der Waals surface area contributed by atoms with Crippen LogP contribution < -0.4 is 0 Å². The van der Waals surface area contributed by atoms with Crippen molar-refractivity contribution >= 4 is 21.7 Å². The normalized spacial score (nSPS) is 13.5. The van der Waals surface area contributed by atoms with Crippen LogP contribution in [0.3, 0.4) is 0 Å². The molecule has 0 unspecified atom stereocenters. The lowest BCUT2D eigenvalue weighted by molar-refractivity contribution is 0.769. The molecule has 0 bridgehead atoms. The smallest absolute Gasteiger partial charge is 0.0713 e. The first-order valence-corrected chi connectivity index (χ1v) is 13.2. The second-order valence-corrected chi connectivity index (χ2v) is 10.1. The summed E-state index contributed by atoms with van der Waals surface area (Å²) in [6.07, 6.45) is 2.24. The van der Waals surface area contributed by atoms with E-state index in [1.165, 1.54) is 60.7 Å². The molecule has 1 aromatic heterocycles. The Labute approximate surface area is 222 Å². The average Bonchev–Trinajstić information content (AvgIpc) is 3.55. The standard InChI is InChI=1S/C37H25N/c1-3-14-27(15-4-1)37(28-16-5-2-6-17-28)32-20-10-9-19-30(32)36-31-24-25-38(35(31)23-22-33(36)37)34-21-11-13-26-12-7-8-18-29(26)34/h1-25H. The second-order valence-electron chi connectivity index (χ2n) is 10.1. The minimum Gasteiger partial charge on any atom is -0.316 e. The number of aromatic nitrogens is 1. The van der Waals surface area contributed by atoms with E-state index in [0.29, 0.717) is 0 Å². The van der Waals surface area contributed by atoms with Crippen molar-refractivity contribution in [1.29, 1.82) is 0 Å². The SMILES string of the molecule is c1ccc(C2(c3ccccc3)c3ccccc3-c3c2ccc2c3ccn2-c2cccc3ccccc23)cc1. The zero-order valence-corrected chi connectivity index (χ0v) is 20.9. The first-order valence-electron chi connectivity index (χ1n) is 13.2. The minimum atomic E-state index is -0.371. The maximum atomic E-state index is 2.37. The van der Waals surface area contributed by atoms with Gasteiger partial charge in [-0.05, 0) is 57.0 Å². The zero-order valence-electron chi connectivity index (χ0n) is 20.9. The first kappa shape index (κ1) is 21.2. The minimum absolute atomic E-state index is 0.371. The van der Waals surface area contributed by atoms with Crippen LogP contribution >= 0.6 is 0 Å². The molecule has 0 saturated carbocycles. The Morgan fingerprint density at radius 2 is 1.11 bits per heavy atom. The summed E-state index contributed by atoms with van der Waals surface area (Å²) in [7, 11) is 0. The Balaban J connectivity index is 1.48. The quantitative estimate of drug-likeness (QED) is 0.236. The van der Waals surface area contributed by atoms with Gasteiger partial charge < -0.3 is 4.57 Å². The van der Waals surface area contributed by atoms with Gasteiger partial charge in [-0.2, -0.15) is 0 Å². The van der Waals surface area contributed by atoms with Gasteiger partial charge in [0.15, 0.2) is 0 Å². The number of rotatable bonds is 3. The topological polar surface area (TPSA) is 4.93 Å². The van der Waals surface area contributed by atoms with Crippen LogP contribution in [0.15, 0.2) is 152 Å². The molecule has 0 fully saturated rings. The van der Waals surface area contributed by atoms with Crippen molar-refractivity contribution < 1.29 is 0 Å². The summed E-state index contributed by atoms with van der Waals surface area (Å²) in [6, 6.07) is 53.2. The van der Waals surface area contributed by atoms with Gasteiger partial charge in [-0.15, -0.1) is 0 Å². The van der Waals surface area contributed by atoms with E-state index in [4.69, 9.17) is 0 Å². The van der Waals surface area contributed by atoms with Crippen LogP contribution in [-0.4, -0.2) is 4.57 Å². The molecule has 8 rings (SSSR count). The third-order valence-electron chi connectivity index (χ3n) is 8.32. The van der Waals surface area contributed by atoms with Crippen molar-refractivity contribution in [3.8, 4) is 16.8 Å². The molecule has 0 atom stereocenters. The lowest BCUT2D eigenvalue weighted by atomic mass is 9.67. The van der Waals surface area contributed by atoms with Gasteiger partial charge in [-0.3, -0.25) is 0 Å². The summed E-state index contributed by atoms with van der Waals surface area (Å²) in [5.41, 5.74) is 10.0. The molecule has 38 heavy (non-hydrogen) atoms. The van der Waals surface area contributed by atoms with E-state index in [0.717, 1.165) is 0 Å². The highest BCUT2D eigenvalue weighted by molar-refractivity contribution is 6.04. The molecule has 0 spiro atoms. The van der Waals surface area contributed by atoms with Crippen LogP contribution in [-0.2, 0) is 5.41 Å². The highest BCUT2D eigenvalue weighted by atomic mass is 15.0. The van der Waals surface area contributed by atoms with Crippen LogP contribution in [0.25, 0.3) is 38.5 Å². The summed E-state index contributed by atoms with van der Waals surface area (Å²) < 4.78 is 2.35. The molecule has 1 heteroatoms. The molecule has 7 aromatic rings. The van der Waals surface area contributed by atoms with E-state index in [2.05, 4.69) is 156 Å². The Hall–Kier alpha value is -4.88. The zero-order chi connectivity index (χ0) is 25.1. The van der Waals surface area contributed by atoms with Crippen molar-refractivity contribution in [3.63, 3.8) is 0 Å². The fraction of sp³-hybridized carbons (Fsp3) is 0.0270. The van der Waals surface area contributed by atoms with Gasteiger partial charge in [-0.1, -0.05) is 127 Å². The van der Waals surface area contributed by atoms with Gasteiger partial charge in [0.1, 0.15) is 0 Å². The molecule has 1 aliphatic rings. The predicted molar refractivity (Wildman–Crippen MR) is 158 cm³/mol. The van der Waals surface area contributed by atoms with Crippen molar-refractivity contribution in [3.05, 3.63) is 174 Å². The summed E-state index contributed by atoms with van der Waals surface area (Å²) in [4.78, 5) is 0. The molecule has 0 radical (unpaired) electrons. The fourth-order valence-corrected chi connectivity index (χ4v) is 6.79. The van der Waals surface area contributed by atoms with E-state index in [1.54, 1.807) is 0 Å². The summed E-state index contributed by atoms with van der Waals surface area (Å²) in [5, 5.41) is 3.80. The van der Waals surface area contributed by atoms with Crippen molar-refractivity contribution in [2.24, 2.45) is 0 Å². The predicted octanol–water partition coefficient (Wildman–Crippen LogP) is 9.15. The first-order chi connectivity index (χ1) is 18.9. The highest BCUT2D eigenvalue weighted by Gasteiger charge is 2.46. The maximum Gasteiger partial charge on any atom is 0.0713 e. The highest BCUT2D eigenvalue weighted by Crippen LogP contribution is 2.57. The summed E-state index contributed by atoms with van der Waals surface area (Å²) in [6.45, 7) is 0. The number of hydrogen-bond donors (Lipinski definition) is 0. The van der Waals surface area contributed by atoms with Crippen LogP contribution in [0.5, 0.6) is 0 Å². The van der Waals surface area contributed by atoms with Crippen molar-refractivity contribution in [2.75, 3.05) is 0 Å². The van der Waals surface area contributed by atoms with Gasteiger partial charge in [0, 0.05) is 17.0 Å². The second kappa shape index (κ2) is 8.06. The molecule has 6 aromatic carbocycles. The Bertz CT molecular complexity index is 1920. The van der Waals surface area contributed by atoms with Crippen LogP contribution in [0, 0.1) is 0 Å². The van der Waals surface area contributed by atoms with Gasteiger partial charge in [0.2, 0.25) is 0 Å². The molecule has 0 N–H and O–H groups in total. The Kier molecular flexibility index (Phi) is 4.50. The molecule has 1 heterocycles. The van der Waals surface area contributed by atoms with Gasteiger partial charge in [0.05, 0.1) is 16.6 Å². The summed E-state index contributed by atoms with van der Waals surface area (Å²) in [5.74, 6) is 0. The number of nitrogens with zero attached hydrogens (tertiary/aromatic N) is 1. The largest absolute Gasteiger partial charge is 0.316 e. The van der Waals surface area contributed by atoms with Crippen LogP contribution in [0.1, 0.15) is 22.3 Å². The Morgan fingerprint density at radius 1 is 0.447 bits per heavy atom. The Morgan fingerprint density at radius 3 is 1.89 bits per heavy atom. The third kappa shape index (κ3) is 2.76. The van der Waals surface area contributed by atoms with E-state index < -0.39 is 0 Å². The fourth-order valence-electron chi connectivity index (χ4n) is 6.79. The van der Waals surface area contributed by atoms with E-state index >= 15 is 0 Å². The van der Waals surface area contributed by atoms with Crippen LogP contribution in [0.4, 0.5) is 0 Å². The van der Waals surface area contributed by atoms with Gasteiger partial charge in [0.25, 0.3) is 0 Å². The molecule has 0 saturated heterocycles. The number of hydrogen-bond acceptors (Lipinski definition) is 0. The monoisotopic (exact) mass is 483 g/mol. The number of benzene rings is 6. The van der Waals surface area contributed by atoms with E-state index in [-0.39, 0.29) is 5.41 Å². The molecule has 178 valence electrons. The van der Waals surface area contributed by atoms with E-state index in [9.17, 15) is 0 Å². The maximum absolute atomic E-state index is 2.37. The molecular weight excluding hydrogens is 458 g/mol. The molecular formula is C37H25N. The molecule has 0 amide bonds. The molecule has 0 aliphatic heterocycles. The van der Waals surface area contributed by atoms with Crippen molar-refractivity contribution in [1.82, 2.24) is 4.57 Å². The van der Waals surface area contributed by atoms with Crippen molar-refractivity contribution in [2.45, 2.75) is 5.41 Å². The lowest BCUT2D eigenvalue weighted by Crippen LogP contribution is -2.28. The van der Waals surface area contributed by atoms with E-state index in [1.807, 2.05) is 0 Å². The van der Waals surface area contributed by atoms with Crippen LogP contribution in [0.2, 0.25) is 0 Å². The third-order valence-corrected chi connectivity index (χ3v) is 8.32. The lowest BCUT2D eigenvalue weighted by Gasteiger charge is -2.33. The summed E-state index contributed by atoms with van der Waals surface area (Å²) >= 11 is 0. The number of fused-ring (bicyclic) bond motifs is 6. The van der Waals surface area contributed by atoms with Gasteiger partial charge in [-0.25, -0.2) is 0 Å². The van der Waals surface area contributed by atoms with Gasteiger partial charge >= 0.3 is 0 Å². The average molecular weight is 484 g/mol. The molecule has 1 aliphatic carbocycles.